The summed E-state index contributed by atoms with van der Waals surface area (Å²) in [6, 6.07) is 8.24. The number of ether oxygens (including phenoxy) is 1. The van der Waals surface area contributed by atoms with Crippen LogP contribution in [0, 0.1) is 12.8 Å². The predicted molar refractivity (Wildman–Crippen MR) is 101 cm³/mol. The fraction of sp³-hybridized carbons (Fsp3) is 0.474. The summed E-state index contributed by atoms with van der Waals surface area (Å²) < 4.78 is 7.00. The zero-order valence-electron chi connectivity index (χ0n) is 15.4. The number of nitrogens with one attached hydrogen (secondary N) is 1. The van der Waals surface area contributed by atoms with E-state index < -0.39 is 0 Å². The van der Waals surface area contributed by atoms with E-state index in [1.165, 1.54) is 29.1 Å². The van der Waals surface area contributed by atoms with Gasteiger partial charge in [0.2, 0.25) is 10.8 Å². The van der Waals surface area contributed by atoms with Crippen molar-refractivity contribution in [3.8, 4) is 11.6 Å². The third-order valence-electron chi connectivity index (χ3n) is 5.32. The van der Waals surface area contributed by atoms with Crippen molar-refractivity contribution in [2.45, 2.75) is 32.7 Å². The Labute approximate surface area is 157 Å². The molecule has 7 heteroatoms. The Morgan fingerprint density at radius 2 is 2.12 bits per heavy atom. The van der Waals surface area contributed by atoms with Crippen LogP contribution in [-0.4, -0.2) is 39.9 Å². The number of aromatic nitrogens is 3. The fourth-order valence-electron chi connectivity index (χ4n) is 3.85. The summed E-state index contributed by atoms with van der Waals surface area (Å²) in [4.78, 5) is 7.59. The minimum absolute atomic E-state index is 0.0615. The summed E-state index contributed by atoms with van der Waals surface area (Å²) >= 11 is 1.53. The Kier molecular flexibility index (Phi) is 4.58. The van der Waals surface area contributed by atoms with Gasteiger partial charge in [0.25, 0.3) is 0 Å². The molecule has 1 fully saturated rings. The number of piperidine rings is 1. The number of thiazole rings is 1. The van der Waals surface area contributed by atoms with Gasteiger partial charge in [-0.25, -0.2) is 4.98 Å². The van der Waals surface area contributed by atoms with E-state index >= 15 is 0 Å². The lowest BCUT2D eigenvalue weighted by Crippen LogP contribution is -3.13. The number of nitrogens with zero attached hydrogens (tertiary/aromatic N) is 3. The maximum atomic E-state index is 10.9. The number of rotatable bonds is 4. The number of methoxy groups -OCH3 is 1. The van der Waals surface area contributed by atoms with Gasteiger partial charge in [0.15, 0.2) is 6.04 Å². The van der Waals surface area contributed by atoms with Crippen LogP contribution < -0.4 is 9.64 Å². The van der Waals surface area contributed by atoms with Crippen LogP contribution >= 0.6 is 11.3 Å². The SMILES string of the molecule is COc1cccc([C@H](c2sc3nc(C)nn3c2O)[NH+]2CCC(C)CC2)c1. The smallest absolute Gasteiger partial charge is 0.235 e. The van der Waals surface area contributed by atoms with E-state index in [2.05, 4.69) is 29.1 Å². The van der Waals surface area contributed by atoms with Gasteiger partial charge in [-0.05, 0) is 37.8 Å². The molecule has 3 heterocycles. The fourth-order valence-corrected chi connectivity index (χ4v) is 5.04. The summed E-state index contributed by atoms with van der Waals surface area (Å²) in [5, 5.41) is 15.2. The molecule has 1 saturated heterocycles. The minimum Gasteiger partial charge on any atom is -0.497 e. The van der Waals surface area contributed by atoms with Crippen LogP contribution in [0.25, 0.3) is 4.96 Å². The van der Waals surface area contributed by atoms with E-state index in [-0.39, 0.29) is 11.9 Å². The molecule has 0 spiro atoms. The minimum atomic E-state index is 0.0615. The Morgan fingerprint density at radius 1 is 1.35 bits per heavy atom. The molecule has 0 unspecified atom stereocenters. The molecule has 0 aliphatic carbocycles. The van der Waals surface area contributed by atoms with E-state index in [4.69, 9.17) is 4.74 Å². The van der Waals surface area contributed by atoms with Crippen LogP contribution in [0.2, 0.25) is 0 Å². The second-order valence-electron chi connectivity index (χ2n) is 7.19. The monoisotopic (exact) mass is 373 g/mol. The highest BCUT2D eigenvalue weighted by Gasteiger charge is 2.34. The number of aryl methyl sites for hydroxylation is 1. The number of fused-ring (bicyclic) bond motifs is 1. The lowest BCUT2D eigenvalue weighted by molar-refractivity contribution is -0.931. The van der Waals surface area contributed by atoms with E-state index in [1.807, 2.05) is 19.1 Å². The Morgan fingerprint density at radius 3 is 2.81 bits per heavy atom. The van der Waals surface area contributed by atoms with Crippen molar-refractivity contribution in [1.82, 2.24) is 14.6 Å². The van der Waals surface area contributed by atoms with Crippen molar-refractivity contribution in [2.24, 2.45) is 5.92 Å². The highest BCUT2D eigenvalue weighted by Crippen LogP contribution is 2.36. The van der Waals surface area contributed by atoms with Crippen LogP contribution in [0.15, 0.2) is 24.3 Å². The molecule has 3 aromatic rings. The maximum absolute atomic E-state index is 10.9. The first-order valence-electron chi connectivity index (χ1n) is 9.10. The molecule has 0 bridgehead atoms. The summed E-state index contributed by atoms with van der Waals surface area (Å²) in [5.74, 6) is 2.50. The third kappa shape index (κ3) is 3.05. The maximum Gasteiger partial charge on any atom is 0.235 e. The quantitative estimate of drug-likeness (QED) is 0.736. The van der Waals surface area contributed by atoms with Crippen LogP contribution in [0.5, 0.6) is 11.6 Å². The highest BCUT2D eigenvalue weighted by molar-refractivity contribution is 7.17. The van der Waals surface area contributed by atoms with Gasteiger partial charge in [0.05, 0.1) is 20.2 Å². The van der Waals surface area contributed by atoms with Gasteiger partial charge in [0, 0.05) is 5.56 Å². The molecule has 0 radical (unpaired) electrons. The van der Waals surface area contributed by atoms with Crippen LogP contribution in [0.4, 0.5) is 0 Å². The molecule has 26 heavy (non-hydrogen) atoms. The van der Waals surface area contributed by atoms with Gasteiger partial charge in [0.1, 0.15) is 16.5 Å². The molecule has 1 atom stereocenters. The standard InChI is InChI=1S/C19H24N4O2S/c1-12-7-9-22(10-8-12)16(14-5-4-6-15(11-14)25-3)17-18(24)23-19(26-17)20-13(2)21-23/h4-6,11-12,16,24H,7-10H2,1-3H3/p+1/t16-/m1/s1. The second-order valence-corrected chi connectivity index (χ2v) is 8.20. The van der Waals surface area contributed by atoms with E-state index in [9.17, 15) is 5.11 Å². The van der Waals surface area contributed by atoms with Gasteiger partial charge < -0.3 is 14.7 Å². The normalized spacial score (nSPS) is 21.8. The first-order valence-corrected chi connectivity index (χ1v) is 9.92. The first kappa shape index (κ1) is 17.3. The highest BCUT2D eigenvalue weighted by atomic mass is 32.1. The zero-order valence-corrected chi connectivity index (χ0v) is 16.2. The molecule has 6 nitrogen and oxygen atoms in total. The zero-order chi connectivity index (χ0) is 18.3. The largest absolute Gasteiger partial charge is 0.497 e. The Hall–Kier alpha value is -2.12. The lowest BCUT2D eigenvalue weighted by atomic mass is 9.95. The van der Waals surface area contributed by atoms with Crippen LogP contribution in [-0.2, 0) is 0 Å². The molecule has 0 saturated carbocycles. The van der Waals surface area contributed by atoms with Gasteiger partial charge >= 0.3 is 0 Å². The van der Waals surface area contributed by atoms with Gasteiger partial charge in [-0.1, -0.05) is 30.4 Å². The molecule has 2 aromatic heterocycles. The summed E-state index contributed by atoms with van der Waals surface area (Å²) in [6.45, 7) is 6.35. The van der Waals surface area contributed by atoms with Gasteiger partial charge in [-0.2, -0.15) is 4.52 Å². The molecule has 2 N–H and O–H groups in total. The third-order valence-corrected chi connectivity index (χ3v) is 6.40. The van der Waals surface area contributed by atoms with Crippen LogP contribution in [0.3, 0.4) is 0 Å². The topological polar surface area (TPSA) is 64.1 Å². The number of hydrogen-bond donors (Lipinski definition) is 2. The molecule has 0 amide bonds. The van der Waals surface area contributed by atoms with E-state index in [0.29, 0.717) is 5.82 Å². The van der Waals surface area contributed by atoms with E-state index in [1.54, 1.807) is 11.6 Å². The Balaban J connectivity index is 1.80. The van der Waals surface area contributed by atoms with Crippen molar-refractivity contribution < 1.29 is 14.7 Å². The summed E-state index contributed by atoms with van der Waals surface area (Å²) in [7, 11) is 1.69. The van der Waals surface area contributed by atoms with Crippen molar-refractivity contribution in [3.63, 3.8) is 0 Å². The molecule has 1 aliphatic heterocycles. The van der Waals surface area contributed by atoms with Crippen molar-refractivity contribution in [2.75, 3.05) is 20.2 Å². The predicted octanol–water partition coefficient (Wildman–Crippen LogP) is 2.22. The molecule has 4 rings (SSSR count). The molecule has 1 aromatic carbocycles. The number of quaternary nitrogens is 1. The second kappa shape index (κ2) is 6.89. The lowest BCUT2D eigenvalue weighted by Gasteiger charge is -2.33. The number of hydrogen-bond acceptors (Lipinski definition) is 5. The molecular weight excluding hydrogens is 348 g/mol. The number of likely N-dealkylation sites (tertiary alicyclic amines) is 1. The Bertz CT molecular complexity index is 912. The van der Waals surface area contributed by atoms with E-state index in [0.717, 1.165) is 40.2 Å². The first-order chi connectivity index (χ1) is 12.6. The summed E-state index contributed by atoms with van der Waals surface area (Å²) in [6.07, 6.45) is 2.41. The van der Waals surface area contributed by atoms with Crippen LogP contribution in [0.1, 0.15) is 42.1 Å². The number of benzene rings is 1. The average molecular weight is 374 g/mol. The number of aromatic hydroxyl groups is 1. The summed E-state index contributed by atoms with van der Waals surface area (Å²) in [5.41, 5.74) is 1.16. The average Bonchev–Trinajstić information content (AvgIpc) is 3.15. The van der Waals surface area contributed by atoms with Crippen molar-refractivity contribution >= 4 is 16.3 Å². The molecular formula is C19H25N4O2S+. The van der Waals surface area contributed by atoms with Gasteiger partial charge in [-0.3, -0.25) is 0 Å². The molecule has 138 valence electrons. The van der Waals surface area contributed by atoms with Crippen molar-refractivity contribution in [3.05, 3.63) is 40.5 Å². The van der Waals surface area contributed by atoms with Crippen molar-refractivity contribution in [1.29, 1.82) is 0 Å². The van der Waals surface area contributed by atoms with Gasteiger partial charge in [-0.15, -0.1) is 5.10 Å². The molecule has 1 aliphatic rings.